The molecule has 26 heavy (non-hydrogen) atoms. The van der Waals surface area contributed by atoms with E-state index in [4.69, 9.17) is 4.74 Å². The monoisotopic (exact) mass is 358 g/mol. The Bertz CT molecular complexity index is 805. The number of morpholine rings is 1. The van der Waals surface area contributed by atoms with Crippen molar-refractivity contribution in [2.24, 2.45) is 14.1 Å². The van der Waals surface area contributed by atoms with E-state index in [0.717, 1.165) is 35.9 Å². The van der Waals surface area contributed by atoms with E-state index in [2.05, 4.69) is 21.0 Å². The molecule has 0 saturated carbocycles. The van der Waals surface area contributed by atoms with Crippen molar-refractivity contribution in [3.63, 3.8) is 0 Å². The van der Waals surface area contributed by atoms with Crippen molar-refractivity contribution in [3.05, 3.63) is 35.2 Å². The summed E-state index contributed by atoms with van der Waals surface area (Å²) >= 11 is 0. The minimum atomic E-state index is -0.182. The van der Waals surface area contributed by atoms with Gasteiger partial charge in [-0.3, -0.25) is 14.4 Å². The number of nitrogens with zero attached hydrogens (tertiary/aromatic N) is 6. The van der Waals surface area contributed by atoms with Gasteiger partial charge >= 0.3 is 0 Å². The molecule has 8 nitrogen and oxygen atoms in total. The molecule has 4 heterocycles. The Hall–Kier alpha value is -2.19. The number of rotatable bonds is 3. The summed E-state index contributed by atoms with van der Waals surface area (Å²) in [5.74, 6) is 0.00251. The molecule has 0 radical (unpaired) electrons. The average molecular weight is 358 g/mol. The number of carbonyl (C=O) groups excluding carboxylic acids is 1. The van der Waals surface area contributed by atoms with Crippen LogP contribution < -0.4 is 0 Å². The maximum absolute atomic E-state index is 13.2. The molecule has 140 valence electrons. The molecule has 8 heteroatoms. The van der Waals surface area contributed by atoms with Crippen molar-refractivity contribution in [1.82, 2.24) is 29.1 Å². The van der Waals surface area contributed by atoms with E-state index in [1.807, 2.05) is 41.5 Å². The fourth-order valence-electron chi connectivity index (χ4n) is 4.04. The van der Waals surface area contributed by atoms with Crippen LogP contribution in [0.2, 0.25) is 0 Å². The summed E-state index contributed by atoms with van der Waals surface area (Å²) in [6.45, 7) is 6.80. The molecular weight excluding hydrogens is 332 g/mol. The summed E-state index contributed by atoms with van der Waals surface area (Å²) < 4.78 is 9.32. The Morgan fingerprint density at radius 2 is 2.08 bits per heavy atom. The quantitative estimate of drug-likeness (QED) is 0.795. The van der Waals surface area contributed by atoms with Gasteiger partial charge in [0.15, 0.2) is 0 Å². The lowest BCUT2D eigenvalue weighted by Crippen LogP contribution is -2.47. The van der Waals surface area contributed by atoms with Crippen LogP contribution in [-0.4, -0.2) is 67.9 Å². The third-order valence-corrected chi connectivity index (χ3v) is 5.31. The van der Waals surface area contributed by atoms with Crippen LogP contribution in [0.5, 0.6) is 0 Å². The summed E-state index contributed by atoms with van der Waals surface area (Å²) in [7, 11) is 3.94. The Morgan fingerprint density at radius 3 is 2.77 bits per heavy atom. The van der Waals surface area contributed by atoms with Gasteiger partial charge in [-0.25, -0.2) is 4.98 Å². The Labute approximate surface area is 153 Å². The number of aryl methyl sites for hydroxylation is 3. The van der Waals surface area contributed by atoms with Crippen molar-refractivity contribution < 1.29 is 9.53 Å². The van der Waals surface area contributed by atoms with Crippen molar-refractivity contribution in [1.29, 1.82) is 0 Å². The predicted octanol–water partition coefficient (Wildman–Crippen LogP) is 0.420. The maximum Gasteiger partial charge on any atom is 0.233 e. The molecule has 1 fully saturated rings. The molecule has 1 saturated heterocycles. The summed E-state index contributed by atoms with van der Waals surface area (Å²) in [5, 5.41) is 4.43. The molecule has 2 aromatic heterocycles. The van der Waals surface area contributed by atoms with Gasteiger partial charge in [0, 0.05) is 46.8 Å². The lowest BCUT2D eigenvalue weighted by molar-refractivity contribution is -0.138. The molecule has 2 aliphatic rings. The fraction of sp³-hybridized carbons (Fsp3) is 0.611. The standard InChI is InChI=1S/C18H26N6O2/c1-13-8-14(22(3)20-13)9-23-10-15(17-16(11-23)19-12-21(17)2)18(25)24-4-6-26-7-5-24/h8,12,15H,4-7,9-11H2,1-3H3/t15-/m0/s1. The van der Waals surface area contributed by atoms with E-state index in [1.165, 1.54) is 0 Å². The van der Waals surface area contributed by atoms with Crippen LogP contribution in [0.3, 0.4) is 0 Å². The zero-order valence-corrected chi connectivity index (χ0v) is 15.7. The number of fused-ring (bicyclic) bond motifs is 1. The molecule has 2 aromatic rings. The van der Waals surface area contributed by atoms with Crippen LogP contribution in [-0.2, 0) is 36.7 Å². The lowest BCUT2D eigenvalue weighted by atomic mass is 9.96. The van der Waals surface area contributed by atoms with E-state index >= 15 is 0 Å². The first-order chi connectivity index (χ1) is 12.5. The summed E-state index contributed by atoms with van der Waals surface area (Å²) in [6.07, 6.45) is 1.82. The first kappa shape index (κ1) is 17.2. The third-order valence-electron chi connectivity index (χ3n) is 5.31. The SMILES string of the molecule is Cc1cc(CN2Cc3ncn(C)c3[C@@H](C(=O)N3CCOCC3)C2)n(C)n1. The van der Waals surface area contributed by atoms with E-state index in [1.54, 1.807) is 0 Å². The van der Waals surface area contributed by atoms with Gasteiger partial charge < -0.3 is 14.2 Å². The molecule has 2 aliphatic heterocycles. The van der Waals surface area contributed by atoms with Gasteiger partial charge in [0.25, 0.3) is 0 Å². The van der Waals surface area contributed by atoms with Crippen molar-refractivity contribution in [3.8, 4) is 0 Å². The lowest BCUT2D eigenvalue weighted by Gasteiger charge is -2.36. The van der Waals surface area contributed by atoms with Gasteiger partial charge in [-0.1, -0.05) is 0 Å². The van der Waals surface area contributed by atoms with Gasteiger partial charge in [0.1, 0.15) is 0 Å². The van der Waals surface area contributed by atoms with Gasteiger partial charge in [0.05, 0.1) is 48.2 Å². The number of aromatic nitrogens is 4. The minimum absolute atomic E-state index is 0.182. The van der Waals surface area contributed by atoms with Crippen molar-refractivity contribution in [2.45, 2.75) is 25.9 Å². The summed E-state index contributed by atoms with van der Waals surface area (Å²) in [6, 6.07) is 2.10. The van der Waals surface area contributed by atoms with E-state index in [-0.39, 0.29) is 11.8 Å². The van der Waals surface area contributed by atoms with E-state index in [0.29, 0.717) is 32.8 Å². The highest BCUT2D eigenvalue weighted by Gasteiger charge is 2.36. The second-order valence-electron chi connectivity index (χ2n) is 7.25. The normalized spacial score (nSPS) is 21.0. The van der Waals surface area contributed by atoms with Crippen LogP contribution in [0.25, 0.3) is 0 Å². The second-order valence-corrected chi connectivity index (χ2v) is 7.25. The molecule has 1 atom stereocenters. The number of ether oxygens (including phenoxy) is 1. The van der Waals surface area contributed by atoms with E-state index in [9.17, 15) is 4.79 Å². The number of carbonyl (C=O) groups is 1. The van der Waals surface area contributed by atoms with Crippen molar-refractivity contribution >= 4 is 5.91 Å². The molecule has 0 unspecified atom stereocenters. The number of hydrogen-bond acceptors (Lipinski definition) is 5. The number of hydrogen-bond donors (Lipinski definition) is 0. The average Bonchev–Trinajstić information content (AvgIpc) is 3.16. The Morgan fingerprint density at radius 1 is 1.31 bits per heavy atom. The molecule has 0 bridgehead atoms. The highest BCUT2D eigenvalue weighted by molar-refractivity contribution is 5.84. The second kappa shape index (κ2) is 6.85. The van der Waals surface area contributed by atoms with Gasteiger partial charge in [0.2, 0.25) is 5.91 Å². The molecule has 0 aliphatic carbocycles. The zero-order valence-electron chi connectivity index (χ0n) is 15.7. The topological polar surface area (TPSA) is 68.4 Å². The molecular formula is C18H26N6O2. The minimum Gasteiger partial charge on any atom is -0.378 e. The largest absolute Gasteiger partial charge is 0.378 e. The first-order valence-corrected chi connectivity index (χ1v) is 9.11. The summed E-state index contributed by atoms with van der Waals surface area (Å²) in [5.41, 5.74) is 4.22. The molecule has 0 spiro atoms. The van der Waals surface area contributed by atoms with Crippen LogP contribution >= 0.6 is 0 Å². The van der Waals surface area contributed by atoms with Crippen LogP contribution in [0.4, 0.5) is 0 Å². The molecule has 0 N–H and O–H groups in total. The van der Waals surface area contributed by atoms with Crippen LogP contribution in [0.1, 0.15) is 28.7 Å². The number of amides is 1. The third kappa shape index (κ3) is 3.14. The smallest absolute Gasteiger partial charge is 0.233 e. The Kier molecular flexibility index (Phi) is 4.54. The van der Waals surface area contributed by atoms with Gasteiger partial charge in [-0.05, 0) is 13.0 Å². The Balaban J connectivity index is 1.59. The van der Waals surface area contributed by atoms with Gasteiger partial charge in [-0.2, -0.15) is 5.10 Å². The highest BCUT2D eigenvalue weighted by Crippen LogP contribution is 2.30. The van der Waals surface area contributed by atoms with Gasteiger partial charge in [-0.15, -0.1) is 0 Å². The van der Waals surface area contributed by atoms with E-state index < -0.39 is 0 Å². The summed E-state index contributed by atoms with van der Waals surface area (Å²) in [4.78, 5) is 22.0. The number of imidazole rings is 1. The maximum atomic E-state index is 13.2. The zero-order chi connectivity index (χ0) is 18.3. The molecule has 4 rings (SSSR count). The van der Waals surface area contributed by atoms with Crippen LogP contribution in [0.15, 0.2) is 12.4 Å². The van der Waals surface area contributed by atoms with Crippen molar-refractivity contribution in [2.75, 3.05) is 32.8 Å². The molecule has 1 amide bonds. The first-order valence-electron chi connectivity index (χ1n) is 9.11. The highest BCUT2D eigenvalue weighted by atomic mass is 16.5. The predicted molar refractivity (Wildman–Crippen MR) is 95.4 cm³/mol. The van der Waals surface area contributed by atoms with Crippen LogP contribution in [0, 0.1) is 6.92 Å². The fourth-order valence-corrected chi connectivity index (χ4v) is 4.04. The molecule has 0 aromatic carbocycles.